The molecular weight excluding hydrogens is 266 g/mol. The first-order valence-corrected chi connectivity index (χ1v) is 6.93. The Morgan fingerprint density at radius 1 is 1.37 bits per heavy atom. The summed E-state index contributed by atoms with van der Waals surface area (Å²) in [5, 5.41) is 11.7. The predicted octanol–water partition coefficient (Wildman–Crippen LogP) is 0.570. The molecule has 0 aliphatic carbocycles. The Bertz CT molecular complexity index is 410. The molecule has 6 heteroatoms. The van der Waals surface area contributed by atoms with E-state index in [0.717, 1.165) is 11.3 Å². The minimum absolute atomic E-state index is 0.128. The highest BCUT2D eigenvalue weighted by Gasteiger charge is 2.15. The predicted molar refractivity (Wildman–Crippen MR) is 73.6 cm³/mol. The molecule has 0 bridgehead atoms. The molecule has 0 aromatic heterocycles. The first kappa shape index (κ1) is 15.5. The normalized spacial score (nSPS) is 11.7. The third-order valence-corrected chi connectivity index (χ3v) is 3.31. The van der Waals surface area contributed by atoms with Gasteiger partial charge in [-0.15, -0.1) is 11.8 Å². The molecule has 1 amide bonds. The van der Waals surface area contributed by atoms with Gasteiger partial charge in [0.15, 0.2) is 6.10 Å². The van der Waals surface area contributed by atoms with E-state index in [4.69, 9.17) is 0 Å². The van der Waals surface area contributed by atoms with Gasteiger partial charge in [-0.05, 0) is 5.56 Å². The maximum Gasteiger partial charge on any atom is 0.336 e. The highest BCUT2D eigenvalue weighted by atomic mass is 32.2. The van der Waals surface area contributed by atoms with E-state index in [1.165, 1.54) is 18.9 Å². The van der Waals surface area contributed by atoms with Crippen molar-refractivity contribution < 1.29 is 19.4 Å². The van der Waals surface area contributed by atoms with Crippen LogP contribution < -0.4 is 5.32 Å². The third kappa shape index (κ3) is 6.26. The molecule has 104 valence electrons. The molecule has 2 N–H and O–H groups in total. The molecule has 0 fully saturated rings. The molecule has 1 unspecified atom stereocenters. The van der Waals surface area contributed by atoms with Crippen LogP contribution in [0, 0.1) is 0 Å². The number of hydrogen-bond acceptors (Lipinski definition) is 5. The molecule has 5 nitrogen and oxygen atoms in total. The van der Waals surface area contributed by atoms with E-state index in [9.17, 15) is 14.7 Å². The lowest BCUT2D eigenvalue weighted by molar-refractivity contribution is -0.150. The fraction of sp³-hybridized carbons (Fsp3) is 0.385. The third-order valence-electron chi connectivity index (χ3n) is 2.31. The molecule has 19 heavy (non-hydrogen) atoms. The van der Waals surface area contributed by atoms with Gasteiger partial charge < -0.3 is 15.2 Å². The number of aliphatic hydroxyl groups is 1. The molecule has 0 heterocycles. The zero-order valence-corrected chi connectivity index (χ0v) is 11.5. The molecular formula is C13H17NO4S. The Morgan fingerprint density at radius 2 is 2.05 bits per heavy atom. The van der Waals surface area contributed by atoms with Crippen LogP contribution in [-0.4, -0.2) is 42.5 Å². The van der Waals surface area contributed by atoms with Gasteiger partial charge in [0.1, 0.15) is 0 Å². The van der Waals surface area contributed by atoms with Crippen molar-refractivity contribution >= 4 is 23.6 Å². The minimum Gasteiger partial charge on any atom is -0.467 e. The van der Waals surface area contributed by atoms with E-state index in [1.807, 2.05) is 30.3 Å². The van der Waals surface area contributed by atoms with Crippen molar-refractivity contribution in [1.82, 2.24) is 5.32 Å². The summed E-state index contributed by atoms with van der Waals surface area (Å²) in [5.74, 6) is 0.0532. The average molecular weight is 283 g/mol. The Kier molecular flexibility index (Phi) is 6.99. The van der Waals surface area contributed by atoms with Crippen molar-refractivity contribution in [2.24, 2.45) is 0 Å². The zero-order chi connectivity index (χ0) is 14.1. The second-order valence-corrected chi connectivity index (χ2v) is 4.81. The molecule has 0 aliphatic rings. The van der Waals surface area contributed by atoms with Crippen molar-refractivity contribution in [3.63, 3.8) is 0 Å². The van der Waals surface area contributed by atoms with Crippen LogP contribution >= 0.6 is 11.8 Å². The SMILES string of the molecule is COC(=O)C(O)CNC(=O)CSCc1ccccc1. The van der Waals surface area contributed by atoms with Gasteiger partial charge in [-0.25, -0.2) is 4.79 Å². The number of ether oxygens (including phenoxy) is 1. The van der Waals surface area contributed by atoms with E-state index in [0.29, 0.717) is 0 Å². The smallest absolute Gasteiger partial charge is 0.336 e. The Balaban J connectivity index is 2.16. The van der Waals surface area contributed by atoms with Crippen LogP contribution in [0.1, 0.15) is 5.56 Å². The molecule has 0 radical (unpaired) electrons. The van der Waals surface area contributed by atoms with Crippen molar-refractivity contribution in [3.05, 3.63) is 35.9 Å². The quantitative estimate of drug-likeness (QED) is 0.716. The van der Waals surface area contributed by atoms with E-state index in [2.05, 4.69) is 10.1 Å². The number of amides is 1. The number of aliphatic hydroxyl groups excluding tert-OH is 1. The number of hydrogen-bond donors (Lipinski definition) is 2. The summed E-state index contributed by atoms with van der Waals surface area (Å²) in [6.07, 6.45) is -1.31. The summed E-state index contributed by atoms with van der Waals surface area (Å²) >= 11 is 1.47. The van der Waals surface area contributed by atoms with Crippen LogP contribution in [0.25, 0.3) is 0 Å². The average Bonchev–Trinajstić information content (AvgIpc) is 2.45. The lowest BCUT2D eigenvalue weighted by atomic mass is 10.2. The van der Waals surface area contributed by atoms with Crippen LogP contribution in [0.2, 0.25) is 0 Å². The molecule has 1 aromatic carbocycles. The van der Waals surface area contributed by atoms with Crippen molar-refractivity contribution in [3.8, 4) is 0 Å². The molecule has 1 atom stereocenters. The largest absolute Gasteiger partial charge is 0.467 e. The van der Waals surface area contributed by atoms with Crippen LogP contribution in [0.5, 0.6) is 0 Å². The summed E-state index contributed by atoms with van der Waals surface area (Å²) in [6.45, 7) is -0.128. The first-order valence-electron chi connectivity index (χ1n) is 5.77. The fourth-order valence-corrected chi connectivity index (χ4v) is 2.13. The Labute approximate surface area is 116 Å². The van der Waals surface area contributed by atoms with Crippen LogP contribution in [0.4, 0.5) is 0 Å². The van der Waals surface area contributed by atoms with Gasteiger partial charge in [0.05, 0.1) is 19.4 Å². The number of carbonyl (C=O) groups excluding carboxylic acids is 2. The lowest BCUT2D eigenvalue weighted by Gasteiger charge is -2.09. The van der Waals surface area contributed by atoms with Crippen molar-refractivity contribution in [2.75, 3.05) is 19.4 Å². The second kappa shape index (κ2) is 8.55. The number of methoxy groups -OCH3 is 1. The molecule has 0 saturated heterocycles. The van der Waals surface area contributed by atoms with Gasteiger partial charge in [0.25, 0.3) is 0 Å². The highest BCUT2D eigenvalue weighted by molar-refractivity contribution is 7.99. The number of carbonyl (C=O) groups is 2. The van der Waals surface area contributed by atoms with Gasteiger partial charge in [-0.1, -0.05) is 30.3 Å². The Morgan fingerprint density at radius 3 is 2.68 bits per heavy atom. The molecule has 0 saturated carbocycles. The number of benzene rings is 1. The summed E-state index contributed by atoms with van der Waals surface area (Å²) in [4.78, 5) is 22.3. The summed E-state index contributed by atoms with van der Waals surface area (Å²) in [7, 11) is 1.18. The van der Waals surface area contributed by atoms with E-state index in [1.54, 1.807) is 0 Å². The van der Waals surface area contributed by atoms with Gasteiger partial charge in [0.2, 0.25) is 5.91 Å². The van der Waals surface area contributed by atoms with Crippen molar-refractivity contribution in [2.45, 2.75) is 11.9 Å². The number of esters is 1. The van der Waals surface area contributed by atoms with Crippen LogP contribution in [0.3, 0.4) is 0 Å². The fourth-order valence-electron chi connectivity index (χ4n) is 1.32. The standard InChI is InChI=1S/C13H17NO4S/c1-18-13(17)11(15)7-14-12(16)9-19-8-10-5-3-2-4-6-10/h2-6,11,15H,7-9H2,1H3,(H,14,16). The van der Waals surface area contributed by atoms with Crippen LogP contribution in [0.15, 0.2) is 30.3 Å². The topological polar surface area (TPSA) is 75.6 Å². The highest BCUT2D eigenvalue weighted by Crippen LogP contribution is 2.10. The maximum atomic E-state index is 11.5. The van der Waals surface area contributed by atoms with E-state index >= 15 is 0 Å². The Hall–Kier alpha value is -1.53. The molecule has 0 aliphatic heterocycles. The molecule has 0 spiro atoms. The van der Waals surface area contributed by atoms with Crippen molar-refractivity contribution in [1.29, 1.82) is 0 Å². The summed E-state index contributed by atoms with van der Waals surface area (Å²) in [6, 6.07) is 9.82. The summed E-state index contributed by atoms with van der Waals surface area (Å²) < 4.78 is 4.34. The number of nitrogens with one attached hydrogen (secondary N) is 1. The van der Waals surface area contributed by atoms with Gasteiger partial charge in [-0.2, -0.15) is 0 Å². The molecule has 1 rings (SSSR count). The number of thioether (sulfide) groups is 1. The van der Waals surface area contributed by atoms with E-state index < -0.39 is 12.1 Å². The van der Waals surface area contributed by atoms with Gasteiger partial charge >= 0.3 is 5.97 Å². The van der Waals surface area contributed by atoms with E-state index in [-0.39, 0.29) is 18.2 Å². The van der Waals surface area contributed by atoms with Crippen LogP contribution in [-0.2, 0) is 20.1 Å². The summed E-state index contributed by atoms with van der Waals surface area (Å²) in [5.41, 5.74) is 1.15. The maximum absolute atomic E-state index is 11.5. The first-order chi connectivity index (χ1) is 9.13. The molecule has 1 aromatic rings. The zero-order valence-electron chi connectivity index (χ0n) is 10.7. The number of rotatable bonds is 7. The monoisotopic (exact) mass is 283 g/mol. The van der Waals surface area contributed by atoms with Gasteiger partial charge in [-0.3, -0.25) is 4.79 Å². The minimum atomic E-state index is -1.31. The lowest BCUT2D eigenvalue weighted by Crippen LogP contribution is -2.37. The second-order valence-electron chi connectivity index (χ2n) is 3.82. The van der Waals surface area contributed by atoms with Gasteiger partial charge in [0, 0.05) is 5.75 Å².